The normalized spacial score (nSPS) is 16.4. The predicted molar refractivity (Wildman–Crippen MR) is 68.5 cm³/mol. The van der Waals surface area contributed by atoms with Gasteiger partial charge in [-0.15, -0.1) is 0 Å². The molecular formula is C12H25B2. The van der Waals surface area contributed by atoms with Gasteiger partial charge in [-0.2, -0.15) is 0 Å². The van der Waals surface area contributed by atoms with Crippen molar-refractivity contribution < 1.29 is 0 Å². The maximum atomic E-state index is 5.90. The van der Waals surface area contributed by atoms with E-state index in [1.165, 1.54) is 12.8 Å². The highest BCUT2D eigenvalue weighted by molar-refractivity contribution is 6.41. The van der Waals surface area contributed by atoms with Crippen LogP contribution in [0.2, 0.25) is 16.9 Å². The molecule has 0 amide bonds. The van der Waals surface area contributed by atoms with Crippen molar-refractivity contribution in [2.75, 3.05) is 0 Å². The summed E-state index contributed by atoms with van der Waals surface area (Å²) in [6, 6.07) is 0. The van der Waals surface area contributed by atoms with Crippen molar-refractivity contribution in [2.24, 2.45) is 0 Å². The quantitative estimate of drug-likeness (QED) is 0.527. The van der Waals surface area contributed by atoms with Crippen LogP contribution in [0.15, 0.2) is 0 Å². The maximum Gasteiger partial charge on any atom is 0.120 e. The molecule has 2 unspecified atom stereocenters. The number of hydrogen-bond acceptors (Lipinski definition) is 0. The molecule has 0 N–H and O–H groups in total. The Labute approximate surface area is 92.9 Å². The standard InChI is InChI=1S/C12H25B2/c1-6-11(13)9-8-10(3)14-12(4,5)7-2/h10-11H,6-9H2,1-5H3. The number of hydrogen-bond donors (Lipinski definition) is 0. The van der Waals surface area contributed by atoms with E-state index in [9.17, 15) is 0 Å². The van der Waals surface area contributed by atoms with E-state index in [-0.39, 0.29) is 0 Å². The fraction of sp³-hybridized carbons (Fsp3) is 1.00. The molecule has 0 saturated heterocycles. The Morgan fingerprint density at radius 2 is 1.79 bits per heavy atom. The van der Waals surface area contributed by atoms with Gasteiger partial charge in [0.25, 0.3) is 0 Å². The van der Waals surface area contributed by atoms with E-state index in [4.69, 9.17) is 7.85 Å². The lowest BCUT2D eigenvalue weighted by Crippen LogP contribution is -2.16. The second-order valence-corrected chi connectivity index (χ2v) is 5.23. The van der Waals surface area contributed by atoms with Gasteiger partial charge in [0.05, 0.1) is 7.85 Å². The van der Waals surface area contributed by atoms with Crippen LogP contribution < -0.4 is 0 Å². The van der Waals surface area contributed by atoms with E-state index in [1.807, 2.05) is 0 Å². The molecule has 2 heteroatoms. The summed E-state index contributed by atoms with van der Waals surface area (Å²) in [5.41, 5.74) is 0. The van der Waals surface area contributed by atoms with Crippen molar-refractivity contribution in [2.45, 2.75) is 77.3 Å². The topological polar surface area (TPSA) is 0 Å². The lowest BCUT2D eigenvalue weighted by Gasteiger charge is -2.26. The molecule has 0 rings (SSSR count). The van der Waals surface area contributed by atoms with Crippen LogP contribution in [-0.4, -0.2) is 15.1 Å². The Hall–Kier alpha value is 0.130. The molecule has 0 nitrogen and oxygen atoms in total. The van der Waals surface area contributed by atoms with Gasteiger partial charge in [-0.1, -0.05) is 77.3 Å². The smallest absolute Gasteiger partial charge is 0.0777 e. The van der Waals surface area contributed by atoms with Crippen molar-refractivity contribution in [3.05, 3.63) is 0 Å². The van der Waals surface area contributed by atoms with E-state index in [0.29, 0.717) is 16.9 Å². The predicted octanol–water partition coefficient (Wildman–Crippen LogP) is 4.25. The molecule has 0 aliphatic heterocycles. The van der Waals surface area contributed by atoms with Crippen LogP contribution in [0.5, 0.6) is 0 Å². The van der Waals surface area contributed by atoms with Gasteiger partial charge in [-0.25, -0.2) is 0 Å². The van der Waals surface area contributed by atoms with Gasteiger partial charge in [0, 0.05) is 0 Å². The minimum absolute atomic E-state index is 0.385. The van der Waals surface area contributed by atoms with Gasteiger partial charge >= 0.3 is 0 Å². The van der Waals surface area contributed by atoms with Crippen molar-refractivity contribution in [1.82, 2.24) is 0 Å². The third-order valence-corrected chi connectivity index (χ3v) is 3.16. The summed E-state index contributed by atoms with van der Waals surface area (Å²) in [5.74, 6) is 1.10. The Kier molecular flexibility index (Phi) is 6.64. The van der Waals surface area contributed by atoms with Gasteiger partial charge in [0.15, 0.2) is 0 Å². The summed E-state index contributed by atoms with van der Waals surface area (Å²) < 4.78 is 0. The zero-order valence-corrected chi connectivity index (χ0v) is 10.6. The first-order valence-electron chi connectivity index (χ1n) is 6.03. The summed E-state index contributed by atoms with van der Waals surface area (Å²) >= 11 is 0. The van der Waals surface area contributed by atoms with Crippen LogP contribution in [0, 0.1) is 0 Å². The van der Waals surface area contributed by atoms with Crippen LogP contribution in [0.1, 0.15) is 60.3 Å². The van der Waals surface area contributed by atoms with E-state index >= 15 is 0 Å². The second-order valence-electron chi connectivity index (χ2n) is 5.23. The highest BCUT2D eigenvalue weighted by Gasteiger charge is 2.20. The van der Waals surface area contributed by atoms with Crippen LogP contribution >= 0.6 is 0 Å². The minimum atomic E-state index is 0.385. The maximum absolute atomic E-state index is 5.90. The lowest BCUT2D eigenvalue weighted by molar-refractivity contribution is 0.602. The third-order valence-electron chi connectivity index (χ3n) is 3.16. The summed E-state index contributed by atoms with van der Waals surface area (Å²) in [6.07, 6.45) is 4.72. The molecule has 0 aromatic rings. The Bertz CT molecular complexity index is 143. The van der Waals surface area contributed by atoms with Crippen molar-refractivity contribution in [3.63, 3.8) is 0 Å². The molecule has 0 aromatic heterocycles. The van der Waals surface area contributed by atoms with Gasteiger partial charge < -0.3 is 0 Å². The molecule has 0 fully saturated rings. The molecule has 0 spiro atoms. The van der Waals surface area contributed by atoms with Crippen molar-refractivity contribution in [1.29, 1.82) is 0 Å². The van der Waals surface area contributed by atoms with E-state index < -0.39 is 0 Å². The SMILES string of the molecule is [B]C(CC)CCC(C)[B]C(C)(C)CC. The zero-order chi connectivity index (χ0) is 11.2. The summed E-state index contributed by atoms with van der Waals surface area (Å²) in [5, 5.41) is 0.385. The average Bonchev–Trinajstić information content (AvgIpc) is 2.13. The first-order valence-corrected chi connectivity index (χ1v) is 6.03. The fourth-order valence-electron chi connectivity index (χ4n) is 1.65. The van der Waals surface area contributed by atoms with Crippen molar-refractivity contribution in [3.8, 4) is 0 Å². The Morgan fingerprint density at radius 1 is 1.21 bits per heavy atom. The van der Waals surface area contributed by atoms with Gasteiger partial charge in [-0.3, -0.25) is 0 Å². The molecule has 0 heterocycles. The molecule has 0 aromatic carbocycles. The highest BCUT2D eigenvalue weighted by Crippen LogP contribution is 2.33. The molecule has 2 atom stereocenters. The molecule has 0 aliphatic carbocycles. The molecule has 14 heavy (non-hydrogen) atoms. The Balaban J connectivity index is 3.70. The molecule has 0 saturated carbocycles. The summed E-state index contributed by atoms with van der Waals surface area (Å²) in [6.45, 7) is 11.3. The minimum Gasteiger partial charge on any atom is -0.0777 e. The monoisotopic (exact) mass is 191 g/mol. The van der Waals surface area contributed by atoms with Gasteiger partial charge in [0.1, 0.15) is 7.28 Å². The van der Waals surface area contributed by atoms with Crippen LogP contribution in [0.25, 0.3) is 0 Å². The van der Waals surface area contributed by atoms with Gasteiger partial charge in [0.2, 0.25) is 0 Å². The average molecular weight is 191 g/mol. The lowest BCUT2D eigenvalue weighted by atomic mass is 9.45. The molecular weight excluding hydrogens is 166 g/mol. The van der Waals surface area contributed by atoms with E-state index in [1.54, 1.807) is 0 Å². The second kappa shape index (κ2) is 6.58. The van der Waals surface area contributed by atoms with Crippen LogP contribution in [0.4, 0.5) is 0 Å². The van der Waals surface area contributed by atoms with Crippen molar-refractivity contribution >= 4 is 15.1 Å². The highest BCUT2D eigenvalue weighted by atomic mass is 14.1. The van der Waals surface area contributed by atoms with E-state index in [0.717, 1.165) is 12.8 Å². The zero-order valence-electron chi connectivity index (χ0n) is 10.6. The van der Waals surface area contributed by atoms with E-state index in [2.05, 4.69) is 41.9 Å². The fourth-order valence-corrected chi connectivity index (χ4v) is 1.65. The Morgan fingerprint density at radius 3 is 2.21 bits per heavy atom. The summed E-state index contributed by atoms with van der Waals surface area (Å²) in [4.78, 5) is 0. The largest absolute Gasteiger partial charge is 0.120 e. The van der Waals surface area contributed by atoms with Crippen LogP contribution in [0.3, 0.4) is 0 Å². The summed E-state index contributed by atoms with van der Waals surface area (Å²) in [7, 11) is 8.39. The molecule has 0 aliphatic rings. The first-order chi connectivity index (χ1) is 6.41. The van der Waals surface area contributed by atoms with Crippen LogP contribution in [-0.2, 0) is 0 Å². The van der Waals surface area contributed by atoms with Gasteiger partial charge in [-0.05, 0) is 0 Å². The molecule has 79 valence electrons. The number of rotatable bonds is 7. The third kappa shape index (κ3) is 6.56. The molecule has 3 radical (unpaired) electrons. The molecule has 0 bridgehead atoms. The first kappa shape index (κ1) is 14.1.